The maximum atomic E-state index is 13.0. The van der Waals surface area contributed by atoms with Gasteiger partial charge in [0.1, 0.15) is 6.61 Å². The number of hydrogen-bond donors (Lipinski definition) is 6. The SMILES string of the molecule is CC.CC(=O)OCc1ccc(NC(=O)CNC(=O)C(NC(C)C)C(C)C)cc1C(=O)N1CC(C(=O)O)C1.CCCNC(N)=O. The number of ether oxygens (including phenoxy) is 1. The standard InChI is InChI=1S/C24H34N4O7.C4H10N2O.C2H6/c1-13(2)21(26-14(3)4)22(31)25-9-20(30)27-18-7-6-16(12-35-15(5)29)19(8-18)23(32)28-10-17(11-28)24(33)34;1-2-3-6-4(5)7;1-2/h6-8,13-14,17,21,26H,9-12H2,1-5H3,(H,25,31)(H,27,30)(H,33,34);2-3H2,1H3,(H3,5,6,7);1-2H3. The highest BCUT2D eigenvalue weighted by molar-refractivity contribution is 6.00. The summed E-state index contributed by atoms with van der Waals surface area (Å²) in [6.07, 6.45) is 0.933. The Morgan fingerprint density at radius 1 is 1.05 bits per heavy atom. The number of amides is 5. The van der Waals surface area contributed by atoms with Gasteiger partial charge in [-0.25, -0.2) is 4.79 Å². The molecule has 0 aromatic heterocycles. The highest BCUT2D eigenvalue weighted by Gasteiger charge is 2.36. The normalized spacial score (nSPS) is 12.8. The van der Waals surface area contributed by atoms with Gasteiger partial charge in [-0.1, -0.05) is 54.5 Å². The fourth-order valence-corrected chi connectivity index (χ4v) is 3.79. The highest BCUT2D eigenvalue weighted by atomic mass is 16.5. The predicted octanol–water partition coefficient (Wildman–Crippen LogP) is 2.07. The molecule has 1 aromatic rings. The largest absolute Gasteiger partial charge is 0.481 e. The number of nitrogens with zero attached hydrogens (tertiary/aromatic N) is 1. The highest BCUT2D eigenvalue weighted by Crippen LogP contribution is 2.24. The molecule has 1 saturated heterocycles. The molecule has 0 bridgehead atoms. The van der Waals surface area contributed by atoms with E-state index in [9.17, 15) is 28.8 Å². The monoisotopic (exact) mass is 622 g/mol. The Kier molecular flexibility index (Phi) is 18.7. The van der Waals surface area contributed by atoms with Crippen molar-refractivity contribution in [2.24, 2.45) is 17.6 Å². The molecule has 0 radical (unpaired) electrons. The summed E-state index contributed by atoms with van der Waals surface area (Å²) in [6.45, 7) is 15.3. The molecule has 1 aromatic carbocycles. The van der Waals surface area contributed by atoms with Crippen molar-refractivity contribution in [3.8, 4) is 0 Å². The summed E-state index contributed by atoms with van der Waals surface area (Å²) in [4.78, 5) is 71.5. The van der Waals surface area contributed by atoms with Crippen LogP contribution in [0.3, 0.4) is 0 Å². The van der Waals surface area contributed by atoms with Crippen LogP contribution in [0.4, 0.5) is 10.5 Å². The van der Waals surface area contributed by atoms with E-state index in [-0.39, 0.29) is 49.7 Å². The van der Waals surface area contributed by atoms with E-state index < -0.39 is 41.7 Å². The van der Waals surface area contributed by atoms with E-state index >= 15 is 0 Å². The molecule has 1 fully saturated rings. The van der Waals surface area contributed by atoms with Crippen molar-refractivity contribution in [1.82, 2.24) is 20.9 Å². The van der Waals surface area contributed by atoms with Crippen LogP contribution in [0.5, 0.6) is 0 Å². The zero-order chi connectivity index (χ0) is 34.0. The first kappa shape index (κ1) is 39.8. The second-order valence-electron chi connectivity index (χ2n) is 10.5. The number of hydrogen-bond acceptors (Lipinski definition) is 8. The van der Waals surface area contributed by atoms with Crippen molar-refractivity contribution in [3.05, 3.63) is 29.3 Å². The van der Waals surface area contributed by atoms with Gasteiger partial charge < -0.3 is 41.7 Å². The van der Waals surface area contributed by atoms with Crippen molar-refractivity contribution in [3.63, 3.8) is 0 Å². The number of carboxylic acids is 1. The van der Waals surface area contributed by atoms with E-state index in [0.717, 1.165) is 6.42 Å². The molecular formula is C30H50N6O8. The molecule has 44 heavy (non-hydrogen) atoms. The van der Waals surface area contributed by atoms with Gasteiger partial charge in [0.15, 0.2) is 0 Å². The van der Waals surface area contributed by atoms with Crippen LogP contribution in [0.2, 0.25) is 0 Å². The lowest BCUT2D eigenvalue weighted by Gasteiger charge is -2.37. The number of primary amides is 1. The number of likely N-dealkylation sites (tertiary alicyclic amines) is 1. The van der Waals surface area contributed by atoms with Crippen molar-refractivity contribution < 1.29 is 38.6 Å². The molecular weight excluding hydrogens is 572 g/mol. The minimum atomic E-state index is -0.972. The first-order chi connectivity index (χ1) is 20.7. The van der Waals surface area contributed by atoms with Gasteiger partial charge in [-0.2, -0.15) is 0 Å². The summed E-state index contributed by atoms with van der Waals surface area (Å²) in [7, 11) is 0. The van der Waals surface area contributed by atoms with Gasteiger partial charge in [0, 0.05) is 49.4 Å². The first-order valence-electron chi connectivity index (χ1n) is 14.8. The summed E-state index contributed by atoms with van der Waals surface area (Å²) in [5.74, 6) is -3.27. The predicted molar refractivity (Wildman–Crippen MR) is 167 cm³/mol. The number of esters is 1. The molecule has 14 nitrogen and oxygen atoms in total. The zero-order valence-corrected chi connectivity index (χ0v) is 27.1. The van der Waals surface area contributed by atoms with Gasteiger partial charge in [-0.3, -0.25) is 24.0 Å². The molecule has 1 aliphatic rings. The van der Waals surface area contributed by atoms with Gasteiger partial charge in [-0.15, -0.1) is 0 Å². The Labute approximate surface area is 259 Å². The Morgan fingerprint density at radius 3 is 2.11 bits per heavy atom. The Morgan fingerprint density at radius 2 is 1.66 bits per heavy atom. The van der Waals surface area contributed by atoms with Crippen LogP contribution >= 0.6 is 0 Å². The zero-order valence-electron chi connectivity index (χ0n) is 27.1. The average Bonchev–Trinajstić information content (AvgIpc) is 2.92. The minimum Gasteiger partial charge on any atom is -0.481 e. The molecule has 0 spiro atoms. The lowest BCUT2D eigenvalue weighted by molar-refractivity contribution is -0.146. The van der Waals surface area contributed by atoms with Crippen molar-refractivity contribution in [2.45, 2.75) is 80.5 Å². The summed E-state index contributed by atoms with van der Waals surface area (Å²) >= 11 is 0. The number of rotatable bonds is 13. The molecule has 0 saturated carbocycles. The van der Waals surface area contributed by atoms with Crippen LogP contribution in [-0.4, -0.2) is 84.0 Å². The van der Waals surface area contributed by atoms with E-state index in [0.29, 0.717) is 17.8 Å². The molecule has 2 rings (SSSR count). The molecule has 1 aliphatic heterocycles. The third-order valence-electron chi connectivity index (χ3n) is 6.01. The quantitative estimate of drug-likeness (QED) is 0.178. The maximum Gasteiger partial charge on any atom is 0.312 e. The average molecular weight is 623 g/mol. The third-order valence-corrected chi connectivity index (χ3v) is 6.01. The van der Waals surface area contributed by atoms with Crippen LogP contribution in [0.1, 0.15) is 77.7 Å². The number of benzene rings is 1. The second-order valence-corrected chi connectivity index (χ2v) is 10.5. The van der Waals surface area contributed by atoms with E-state index in [1.54, 1.807) is 12.1 Å². The number of anilines is 1. The first-order valence-corrected chi connectivity index (χ1v) is 14.8. The van der Waals surface area contributed by atoms with E-state index in [1.165, 1.54) is 17.9 Å². The number of urea groups is 1. The number of nitrogens with one attached hydrogen (secondary N) is 4. The summed E-state index contributed by atoms with van der Waals surface area (Å²) < 4.78 is 5.02. The van der Waals surface area contributed by atoms with Gasteiger partial charge >= 0.3 is 18.0 Å². The minimum absolute atomic E-state index is 0.0287. The van der Waals surface area contributed by atoms with Crippen LogP contribution in [0, 0.1) is 11.8 Å². The Balaban J connectivity index is 0.00000180. The molecule has 7 N–H and O–H groups in total. The number of nitrogens with two attached hydrogens (primary N) is 1. The summed E-state index contributed by atoms with van der Waals surface area (Å²) in [5.41, 5.74) is 5.66. The lowest BCUT2D eigenvalue weighted by atomic mass is 9.97. The Bertz CT molecular complexity index is 1120. The number of carbonyl (C=O) groups excluding carboxylic acids is 5. The van der Waals surface area contributed by atoms with Crippen LogP contribution in [0.15, 0.2) is 18.2 Å². The molecule has 0 aliphatic carbocycles. The van der Waals surface area contributed by atoms with Gasteiger partial charge in [-0.05, 0) is 24.5 Å². The smallest absolute Gasteiger partial charge is 0.312 e. The van der Waals surface area contributed by atoms with E-state index in [4.69, 9.17) is 15.6 Å². The second kappa shape index (κ2) is 20.7. The van der Waals surface area contributed by atoms with Crippen LogP contribution < -0.4 is 27.0 Å². The molecule has 1 heterocycles. The van der Waals surface area contributed by atoms with Gasteiger partial charge in [0.25, 0.3) is 5.91 Å². The van der Waals surface area contributed by atoms with Crippen LogP contribution in [0.25, 0.3) is 0 Å². The van der Waals surface area contributed by atoms with Crippen LogP contribution in [-0.2, 0) is 30.5 Å². The Hall–Kier alpha value is -4.20. The summed E-state index contributed by atoms with van der Waals surface area (Å²) in [5, 5.41) is 19.9. The van der Waals surface area contributed by atoms with Gasteiger partial charge in [0.2, 0.25) is 11.8 Å². The van der Waals surface area contributed by atoms with Gasteiger partial charge in [0.05, 0.1) is 18.5 Å². The van der Waals surface area contributed by atoms with Crippen molar-refractivity contribution in [1.29, 1.82) is 0 Å². The fraction of sp³-hybridized carbons (Fsp3) is 0.600. The third kappa shape index (κ3) is 14.8. The van der Waals surface area contributed by atoms with E-state index in [1.807, 2.05) is 48.5 Å². The topological polar surface area (TPSA) is 209 Å². The fourth-order valence-electron chi connectivity index (χ4n) is 3.79. The summed E-state index contributed by atoms with van der Waals surface area (Å²) in [6, 6.07) is 3.77. The number of carboxylic acid groups (broad SMARTS) is 1. The molecule has 14 heteroatoms. The number of carbonyl (C=O) groups is 6. The molecule has 1 atom stereocenters. The van der Waals surface area contributed by atoms with E-state index in [2.05, 4.69) is 21.3 Å². The molecule has 5 amide bonds. The lowest BCUT2D eigenvalue weighted by Crippen LogP contribution is -2.53. The number of aliphatic carboxylic acids is 1. The van der Waals surface area contributed by atoms with Crippen molar-refractivity contribution in [2.75, 3.05) is 31.5 Å². The van der Waals surface area contributed by atoms with Crippen molar-refractivity contribution >= 4 is 41.4 Å². The molecule has 1 unspecified atom stereocenters. The maximum absolute atomic E-state index is 13.0. The molecule has 248 valence electrons.